The van der Waals surface area contributed by atoms with Crippen molar-refractivity contribution in [2.45, 2.75) is 57.2 Å². The van der Waals surface area contributed by atoms with Crippen molar-refractivity contribution in [3.63, 3.8) is 0 Å². The first-order valence-electron chi connectivity index (χ1n) is 4.95. The normalized spacial score (nSPS) is 39.9. The topological polar surface area (TPSA) is 58.9 Å². The van der Waals surface area contributed by atoms with Gasteiger partial charge in [-0.05, 0) is 20.8 Å². The standard InChI is InChI=1S/C10H20O4/c1-6-9(11)7(13-4)5-8(14-6)10(2,3)12/h6-9,11-12H,5H2,1-4H3. The fourth-order valence-corrected chi connectivity index (χ4v) is 1.74. The molecule has 4 atom stereocenters. The lowest BCUT2D eigenvalue weighted by Crippen LogP contribution is -2.53. The van der Waals surface area contributed by atoms with E-state index in [1.54, 1.807) is 27.9 Å². The Balaban J connectivity index is 2.68. The van der Waals surface area contributed by atoms with Crippen LogP contribution in [0.2, 0.25) is 0 Å². The number of rotatable bonds is 2. The molecule has 0 spiro atoms. The molecule has 4 unspecified atom stereocenters. The van der Waals surface area contributed by atoms with Crippen molar-refractivity contribution < 1.29 is 19.7 Å². The Hall–Kier alpha value is -0.160. The molecule has 1 aliphatic heterocycles. The van der Waals surface area contributed by atoms with Crippen LogP contribution in [0.3, 0.4) is 0 Å². The van der Waals surface area contributed by atoms with E-state index in [4.69, 9.17) is 9.47 Å². The molecule has 1 saturated heterocycles. The number of aliphatic hydroxyl groups excluding tert-OH is 1. The van der Waals surface area contributed by atoms with E-state index in [1.807, 2.05) is 0 Å². The van der Waals surface area contributed by atoms with Gasteiger partial charge in [-0.25, -0.2) is 0 Å². The van der Waals surface area contributed by atoms with Gasteiger partial charge in [0.2, 0.25) is 0 Å². The zero-order valence-corrected chi connectivity index (χ0v) is 9.23. The highest BCUT2D eigenvalue weighted by molar-refractivity contribution is 4.90. The van der Waals surface area contributed by atoms with Crippen LogP contribution >= 0.6 is 0 Å². The van der Waals surface area contributed by atoms with Crippen molar-refractivity contribution in [1.29, 1.82) is 0 Å². The van der Waals surface area contributed by atoms with E-state index in [0.29, 0.717) is 6.42 Å². The largest absolute Gasteiger partial charge is 0.388 e. The Bertz CT molecular complexity index is 187. The molecule has 1 rings (SSSR count). The molecule has 1 aliphatic rings. The number of hydrogen-bond donors (Lipinski definition) is 2. The Morgan fingerprint density at radius 1 is 1.43 bits per heavy atom. The molecule has 0 aromatic rings. The second-order valence-corrected chi connectivity index (χ2v) is 4.48. The third-order valence-electron chi connectivity index (χ3n) is 2.78. The van der Waals surface area contributed by atoms with E-state index in [0.717, 1.165) is 0 Å². The molecule has 2 N–H and O–H groups in total. The summed E-state index contributed by atoms with van der Waals surface area (Å²) < 4.78 is 10.7. The molecule has 0 saturated carbocycles. The minimum Gasteiger partial charge on any atom is -0.388 e. The summed E-state index contributed by atoms with van der Waals surface area (Å²) in [4.78, 5) is 0. The molecule has 0 aliphatic carbocycles. The SMILES string of the molecule is COC1CC(C(C)(C)O)OC(C)C1O. The van der Waals surface area contributed by atoms with E-state index in [9.17, 15) is 10.2 Å². The Labute approximate surface area is 84.8 Å². The van der Waals surface area contributed by atoms with Gasteiger partial charge < -0.3 is 19.7 Å². The maximum Gasteiger partial charge on any atom is 0.106 e. The zero-order chi connectivity index (χ0) is 10.9. The van der Waals surface area contributed by atoms with E-state index < -0.39 is 11.7 Å². The number of methoxy groups -OCH3 is 1. The van der Waals surface area contributed by atoms with Crippen LogP contribution in [0.1, 0.15) is 27.2 Å². The van der Waals surface area contributed by atoms with Gasteiger partial charge in [-0.3, -0.25) is 0 Å². The van der Waals surface area contributed by atoms with Crippen LogP contribution in [-0.2, 0) is 9.47 Å². The highest BCUT2D eigenvalue weighted by Gasteiger charge is 2.41. The van der Waals surface area contributed by atoms with Crippen molar-refractivity contribution in [2.24, 2.45) is 0 Å². The summed E-state index contributed by atoms with van der Waals surface area (Å²) in [7, 11) is 1.56. The minimum absolute atomic E-state index is 0.254. The van der Waals surface area contributed by atoms with Gasteiger partial charge >= 0.3 is 0 Å². The van der Waals surface area contributed by atoms with Crippen molar-refractivity contribution in [3.05, 3.63) is 0 Å². The van der Waals surface area contributed by atoms with Crippen LogP contribution in [0.25, 0.3) is 0 Å². The second-order valence-electron chi connectivity index (χ2n) is 4.48. The third kappa shape index (κ3) is 2.45. The molecule has 0 aromatic carbocycles. The van der Waals surface area contributed by atoms with Gasteiger partial charge in [-0.15, -0.1) is 0 Å². The molecule has 1 heterocycles. The van der Waals surface area contributed by atoms with Crippen molar-refractivity contribution in [3.8, 4) is 0 Å². The minimum atomic E-state index is -0.898. The highest BCUT2D eigenvalue weighted by atomic mass is 16.5. The molecule has 4 nitrogen and oxygen atoms in total. The fraction of sp³-hybridized carbons (Fsp3) is 1.00. The van der Waals surface area contributed by atoms with Crippen molar-refractivity contribution in [2.75, 3.05) is 7.11 Å². The monoisotopic (exact) mass is 204 g/mol. The van der Waals surface area contributed by atoms with Crippen LogP contribution < -0.4 is 0 Å². The smallest absolute Gasteiger partial charge is 0.106 e. The number of hydrogen-bond acceptors (Lipinski definition) is 4. The van der Waals surface area contributed by atoms with Crippen molar-refractivity contribution in [1.82, 2.24) is 0 Å². The highest BCUT2D eigenvalue weighted by Crippen LogP contribution is 2.28. The summed E-state index contributed by atoms with van der Waals surface area (Å²) in [6.45, 7) is 5.19. The van der Waals surface area contributed by atoms with Crippen LogP contribution in [0, 0.1) is 0 Å². The third-order valence-corrected chi connectivity index (χ3v) is 2.78. The molecule has 0 aromatic heterocycles. The average molecular weight is 204 g/mol. The van der Waals surface area contributed by atoms with E-state index in [1.165, 1.54) is 0 Å². The van der Waals surface area contributed by atoms with Gasteiger partial charge in [0.25, 0.3) is 0 Å². The van der Waals surface area contributed by atoms with Crippen LogP contribution in [0.4, 0.5) is 0 Å². The summed E-state index contributed by atoms with van der Waals surface area (Å²) in [6.07, 6.45) is -0.935. The molecule has 0 amide bonds. The van der Waals surface area contributed by atoms with Gasteiger partial charge in [-0.1, -0.05) is 0 Å². The summed E-state index contributed by atoms with van der Waals surface area (Å²) in [5.74, 6) is 0. The quantitative estimate of drug-likeness (QED) is 0.679. The van der Waals surface area contributed by atoms with Gasteiger partial charge in [0.15, 0.2) is 0 Å². The van der Waals surface area contributed by atoms with Gasteiger partial charge in [0.1, 0.15) is 6.10 Å². The summed E-state index contributed by atoms with van der Waals surface area (Å²) >= 11 is 0. The lowest BCUT2D eigenvalue weighted by atomic mass is 9.90. The Kier molecular flexibility index (Phi) is 3.53. The molecule has 0 radical (unpaired) electrons. The average Bonchev–Trinajstić information content (AvgIpc) is 2.07. The molecule has 84 valence electrons. The summed E-state index contributed by atoms with van der Waals surface area (Å²) in [6, 6.07) is 0. The predicted molar refractivity (Wildman–Crippen MR) is 52.1 cm³/mol. The van der Waals surface area contributed by atoms with Crippen LogP contribution in [0.5, 0.6) is 0 Å². The zero-order valence-electron chi connectivity index (χ0n) is 9.23. The predicted octanol–water partition coefficient (Wildman–Crippen LogP) is 0.311. The van der Waals surface area contributed by atoms with E-state index in [-0.39, 0.29) is 18.3 Å². The van der Waals surface area contributed by atoms with Crippen LogP contribution in [-0.4, -0.2) is 47.3 Å². The number of aliphatic hydroxyl groups is 2. The molecular weight excluding hydrogens is 184 g/mol. The van der Waals surface area contributed by atoms with Gasteiger partial charge in [0, 0.05) is 13.5 Å². The molecular formula is C10H20O4. The maximum atomic E-state index is 9.80. The van der Waals surface area contributed by atoms with Crippen LogP contribution in [0.15, 0.2) is 0 Å². The maximum absolute atomic E-state index is 9.80. The van der Waals surface area contributed by atoms with E-state index in [2.05, 4.69) is 0 Å². The first kappa shape index (κ1) is 11.9. The first-order chi connectivity index (χ1) is 6.36. The fourth-order valence-electron chi connectivity index (χ4n) is 1.74. The summed E-state index contributed by atoms with van der Waals surface area (Å²) in [5, 5.41) is 19.5. The molecule has 1 fully saturated rings. The summed E-state index contributed by atoms with van der Waals surface area (Å²) in [5.41, 5.74) is -0.898. The van der Waals surface area contributed by atoms with Gasteiger partial charge in [0.05, 0.1) is 23.9 Å². The van der Waals surface area contributed by atoms with Gasteiger partial charge in [-0.2, -0.15) is 0 Å². The second kappa shape index (κ2) is 4.14. The lowest BCUT2D eigenvalue weighted by Gasteiger charge is -2.41. The molecule has 0 bridgehead atoms. The number of ether oxygens (including phenoxy) is 2. The lowest BCUT2D eigenvalue weighted by molar-refractivity contribution is -0.211. The van der Waals surface area contributed by atoms with E-state index >= 15 is 0 Å². The first-order valence-corrected chi connectivity index (χ1v) is 4.95. The molecule has 4 heteroatoms. The molecule has 14 heavy (non-hydrogen) atoms. The van der Waals surface area contributed by atoms with Crippen molar-refractivity contribution >= 4 is 0 Å². The Morgan fingerprint density at radius 2 is 2.00 bits per heavy atom. The Morgan fingerprint density at radius 3 is 2.43 bits per heavy atom.